The van der Waals surface area contributed by atoms with Gasteiger partial charge in [-0.3, -0.25) is 14.5 Å². The Kier molecular flexibility index (Phi) is 4.36. The average molecular weight is 349 g/mol. The van der Waals surface area contributed by atoms with E-state index in [0.717, 1.165) is 0 Å². The second-order valence-corrected chi connectivity index (χ2v) is 6.67. The van der Waals surface area contributed by atoms with Crippen molar-refractivity contribution in [3.05, 3.63) is 35.6 Å². The van der Waals surface area contributed by atoms with Crippen molar-refractivity contribution in [3.63, 3.8) is 0 Å². The second-order valence-electron chi connectivity index (χ2n) is 6.67. The van der Waals surface area contributed by atoms with E-state index in [9.17, 15) is 18.8 Å². The minimum absolute atomic E-state index is 0.195. The third-order valence-corrected chi connectivity index (χ3v) is 5.29. The Bertz CT molecular complexity index is 720. The van der Waals surface area contributed by atoms with Gasteiger partial charge in [0.25, 0.3) is 0 Å². The van der Waals surface area contributed by atoms with Crippen LogP contribution in [0.1, 0.15) is 32.4 Å². The van der Waals surface area contributed by atoms with Crippen molar-refractivity contribution in [2.45, 2.75) is 32.4 Å². The number of hydrogen-bond donors (Lipinski definition) is 1. The molecule has 134 valence electrons. The van der Waals surface area contributed by atoms with Crippen LogP contribution in [-0.2, 0) is 19.1 Å². The first-order valence-electron chi connectivity index (χ1n) is 8.49. The number of carbonyl (C=O) groups is 3. The maximum atomic E-state index is 13.3. The predicted molar refractivity (Wildman–Crippen MR) is 85.5 cm³/mol. The summed E-state index contributed by atoms with van der Waals surface area (Å²) in [6, 6.07) is 5.38. The van der Waals surface area contributed by atoms with Crippen LogP contribution in [0.4, 0.5) is 4.39 Å². The van der Waals surface area contributed by atoms with Crippen LogP contribution in [0.15, 0.2) is 24.3 Å². The number of carbonyl (C=O) groups excluding carboxylic acids is 3. The van der Waals surface area contributed by atoms with Gasteiger partial charge in [0.1, 0.15) is 23.7 Å². The molecule has 0 aromatic heterocycles. The zero-order valence-electron chi connectivity index (χ0n) is 14.5. The molecule has 2 fully saturated rings. The molecule has 1 aromatic carbocycles. The Labute approximate surface area is 145 Å². The van der Waals surface area contributed by atoms with Gasteiger partial charge in [-0.25, -0.2) is 9.18 Å². The zero-order chi connectivity index (χ0) is 18.4. The normalized spacial score (nSPS) is 31.4. The molecule has 0 aliphatic carbocycles. The smallest absolute Gasteiger partial charge is 0.368 e. The molecule has 1 aromatic rings. The Morgan fingerprint density at radius 2 is 1.88 bits per heavy atom. The zero-order valence-corrected chi connectivity index (χ0v) is 14.5. The first-order valence-corrected chi connectivity index (χ1v) is 8.49. The van der Waals surface area contributed by atoms with Crippen LogP contribution in [0.3, 0.4) is 0 Å². The highest BCUT2D eigenvalue weighted by atomic mass is 19.1. The van der Waals surface area contributed by atoms with Crippen molar-refractivity contribution in [2.75, 3.05) is 13.2 Å². The van der Waals surface area contributed by atoms with Gasteiger partial charge in [-0.15, -0.1) is 0 Å². The van der Waals surface area contributed by atoms with Crippen LogP contribution in [-0.4, -0.2) is 41.4 Å². The summed E-state index contributed by atoms with van der Waals surface area (Å²) in [4.78, 5) is 39.4. The number of ether oxygens (including phenoxy) is 1. The van der Waals surface area contributed by atoms with Gasteiger partial charge in [-0.05, 0) is 26.0 Å². The molecule has 25 heavy (non-hydrogen) atoms. The van der Waals surface area contributed by atoms with Gasteiger partial charge in [0.15, 0.2) is 0 Å². The molecule has 2 aliphatic rings. The minimum atomic E-state index is -1.18. The number of rotatable bonds is 4. The molecular weight excluding hydrogens is 327 g/mol. The summed E-state index contributed by atoms with van der Waals surface area (Å²) in [5.41, 5.74) is -0.473. The van der Waals surface area contributed by atoms with Crippen molar-refractivity contribution in [1.82, 2.24) is 4.90 Å². The second kappa shape index (κ2) is 6.22. The molecule has 2 heterocycles. The van der Waals surface area contributed by atoms with Crippen molar-refractivity contribution in [2.24, 2.45) is 11.8 Å². The number of nitrogens with zero attached hydrogens (tertiary/aromatic N) is 1. The van der Waals surface area contributed by atoms with Gasteiger partial charge < -0.3 is 10.1 Å². The van der Waals surface area contributed by atoms with E-state index in [4.69, 9.17) is 4.74 Å². The molecule has 7 heteroatoms. The Morgan fingerprint density at radius 3 is 2.44 bits per heavy atom. The number of quaternary nitrogens is 1. The number of fused-ring (bicyclic) bond motifs is 1. The lowest BCUT2D eigenvalue weighted by atomic mass is 9.80. The molecule has 6 nitrogen and oxygen atoms in total. The summed E-state index contributed by atoms with van der Waals surface area (Å²) in [5.74, 6) is -2.95. The molecule has 4 atom stereocenters. The lowest BCUT2D eigenvalue weighted by molar-refractivity contribution is -0.731. The van der Waals surface area contributed by atoms with Crippen molar-refractivity contribution in [1.29, 1.82) is 0 Å². The van der Waals surface area contributed by atoms with E-state index < -0.39 is 29.4 Å². The summed E-state index contributed by atoms with van der Waals surface area (Å²) in [7, 11) is 0. The van der Waals surface area contributed by atoms with E-state index in [2.05, 4.69) is 0 Å². The molecule has 2 amide bonds. The van der Waals surface area contributed by atoms with E-state index in [1.54, 1.807) is 38.2 Å². The van der Waals surface area contributed by atoms with Crippen LogP contribution in [0.25, 0.3) is 0 Å². The number of amides is 2. The molecular formula is C18H22FN2O4+. The number of esters is 1. The number of benzene rings is 1. The highest BCUT2D eigenvalue weighted by Crippen LogP contribution is 2.44. The molecule has 0 spiro atoms. The molecule has 2 aliphatic heterocycles. The molecule has 2 N–H and O–H groups in total. The number of likely N-dealkylation sites (tertiary alicyclic amines) is 1. The van der Waals surface area contributed by atoms with Crippen LogP contribution in [0.5, 0.6) is 0 Å². The van der Waals surface area contributed by atoms with Gasteiger partial charge in [0.2, 0.25) is 17.4 Å². The minimum Gasteiger partial charge on any atom is -0.461 e. The maximum absolute atomic E-state index is 13.3. The highest BCUT2D eigenvalue weighted by Gasteiger charge is 2.70. The molecule has 0 bridgehead atoms. The third kappa shape index (κ3) is 2.54. The largest absolute Gasteiger partial charge is 0.461 e. The number of hydrogen-bond acceptors (Lipinski definition) is 4. The average Bonchev–Trinajstić information content (AvgIpc) is 3.03. The Morgan fingerprint density at radius 1 is 1.24 bits per heavy atom. The lowest BCUT2D eigenvalue weighted by Gasteiger charge is -2.25. The molecule has 0 radical (unpaired) electrons. The predicted octanol–water partition coefficient (Wildman–Crippen LogP) is 0.387. The topological polar surface area (TPSA) is 80.3 Å². The number of nitrogens with two attached hydrogens (primary N) is 1. The van der Waals surface area contributed by atoms with Crippen LogP contribution in [0.2, 0.25) is 0 Å². The fourth-order valence-electron chi connectivity index (χ4n) is 4.11. The van der Waals surface area contributed by atoms with Gasteiger partial charge >= 0.3 is 5.97 Å². The summed E-state index contributed by atoms with van der Waals surface area (Å²) < 4.78 is 18.4. The number of imide groups is 1. The van der Waals surface area contributed by atoms with Gasteiger partial charge in [0.05, 0.1) is 6.61 Å². The van der Waals surface area contributed by atoms with Gasteiger partial charge in [-0.2, -0.15) is 0 Å². The van der Waals surface area contributed by atoms with E-state index in [-0.39, 0.29) is 30.8 Å². The molecule has 0 unspecified atom stereocenters. The van der Waals surface area contributed by atoms with Crippen LogP contribution < -0.4 is 5.32 Å². The Balaban J connectivity index is 2.07. The fraction of sp³-hybridized carbons (Fsp3) is 0.500. The lowest BCUT2D eigenvalue weighted by Crippen LogP contribution is -2.97. The monoisotopic (exact) mass is 349 g/mol. The standard InChI is InChI=1S/C18H21FN2O4/c1-4-21-15(22)12-13(16(21)23)18(3,17(24)25-5-2)20-14(12)10-6-8-11(19)9-7-10/h6-9,12-14,20H,4-5H2,1-3H3/p+1/t12-,13+,14+,18-/m1/s1. The first-order chi connectivity index (χ1) is 11.8. The SMILES string of the molecule is CCOC(=O)[C@]1(C)[NH2+][C@@H](c2ccc(F)cc2)[C@@H]2C(=O)N(CC)C(=O)[C@H]21. The van der Waals surface area contributed by atoms with Crippen molar-refractivity contribution in [3.8, 4) is 0 Å². The summed E-state index contributed by atoms with van der Waals surface area (Å²) >= 11 is 0. The van der Waals surface area contributed by atoms with Crippen LogP contribution >= 0.6 is 0 Å². The molecule has 2 saturated heterocycles. The Hall–Kier alpha value is -2.28. The molecule has 0 saturated carbocycles. The third-order valence-electron chi connectivity index (χ3n) is 5.29. The summed E-state index contributed by atoms with van der Waals surface area (Å²) in [5, 5.41) is 1.73. The maximum Gasteiger partial charge on any atom is 0.368 e. The van der Waals surface area contributed by atoms with Crippen molar-refractivity contribution >= 4 is 17.8 Å². The highest BCUT2D eigenvalue weighted by molar-refractivity contribution is 6.08. The van der Waals surface area contributed by atoms with E-state index >= 15 is 0 Å². The van der Waals surface area contributed by atoms with Crippen LogP contribution in [0, 0.1) is 17.7 Å². The summed E-state index contributed by atoms with van der Waals surface area (Å²) in [6.45, 7) is 5.54. The first kappa shape index (κ1) is 17.5. The fourth-order valence-corrected chi connectivity index (χ4v) is 4.11. The van der Waals surface area contributed by atoms with E-state index in [1.165, 1.54) is 17.0 Å². The van der Waals surface area contributed by atoms with E-state index in [1.807, 2.05) is 0 Å². The molecule has 3 rings (SSSR count). The summed E-state index contributed by atoms with van der Waals surface area (Å²) in [6.07, 6.45) is 0. The van der Waals surface area contributed by atoms with Crippen molar-refractivity contribution < 1.29 is 28.8 Å². The van der Waals surface area contributed by atoms with Gasteiger partial charge in [0, 0.05) is 19.0 Å². The van der Waals surface area contributed by atoms with E-state index in [0.29, 0.717) is 5.56 Å². The quantitative estimate of drug-likeness (QED) is 0.630. The number of halogens is 1. The van der Waals surface area contributed by atoms with Gasteiger partial charge in [-0.1, -0.05) is 12.1 Å².